The lowest BCUT2D eigenvalue weighted by Crippen LogP contribution is -2.16. The molecule has 1 unspecified atom stereocenters. The largest absolute Gasteiger partial charge is 0.313 e. The summed E-state index contributed by atoms with van der Waals surface area (Å²) in [6.07, 6.45) is 8.89. The third kappa shape index (κ3) is 2.88. The van der Waals surface area contributed by atoms with Gasteiger partial charge in [0.25, 0.3) is 0 Å². The normalized spacial score (nSPS) is 12.8. The van der Waals surface area contributed by atoms with Crippen molar-refractivity contribution in [3.05, 3.63) is 42.2 Å². The topological polar surface area (TPSA) is 24.9 Å². The fraction of sp³-hybridized carbons (Fsp3) is 0.438. The van der Waals surface area contributed by atoms with E-state index < -0.39 is 0 Å². The van der Waals surface area contributed by atoms with E-state index in [1.807, 2.05) is 19.4 Å². The van der Waals surface area contributed by atoms with Crippen molar-refractivity contribution in [3.63, 3.8) is 0 Å². The summed E-state index contributed by atoms with van der Waals surface area (Å²) in [5, 5.41) is 5.99. The highest BCUT2D eigenvalue weighted by atomic mass is 14.9. The number of pyridine rings is 1. The highest BCUT2D eigenvalue weighted by Gasteiger charge is 2.11. The van der Waals surface area contributed by atoms with Gasteiger partial charge in [0.05, 0.1) is 0 Å². The highest BCUT2D eigenvalue weighted by molar-refractivity contribution is 5.85. The number of unbranched alkanes of at least 4 members (excludes halogenated alkanes) is 2. The maximum atomic E-state index is 4.26. The zero-order chi connectivity index (χ0) is 12.8. The molecule has 1 atom stereocenters. The Morgan fingerprint density at radius 2 is 2.11 bits per heavy atom. The summed E-state index contributed by atoms with van der Waals surface area (Å²) >= 11 is 0. The molecule has 0 aliphatic carbocycles. The van der Waals surface area contributed by atoms with Crippen molar-refractivity contribution in [1.29, 1.82) is 0 Å². The second kappa shape index (κ2) is 6.50. The first kappa shape index (κ1) is 13.0. The van der Waals surface area contributed by atoms with Crippen LogP contribution in [0.4, 0.5) is 0 Å². The Labute approximate surface area is 109 Å². The zero-order valence-corrected chi connectivity index (χ0v) is 11.3. The van der Waals surface area contributed by atoms with E-state index in [1.54, 1.807) is 0 Å². The minimum absolute atomic E-state index is 0.435. The fourth-order valence-corrected chi connectivity index (χ4v) is 2.49. The minimum Gasteiger partial charge on any atom is -0.313 e. The lowest BCUT2D eigenvalue weighted by Gasteiger charge is -2.18. The van der Waals surface area contributed by atoms with Crippen LogP contribution in [0.3, 0.4) is 0 Å². The van der Waals surface area contributed by atoms with Crippen molar-refractivity contribution >= 4 is 10.8 Å². The first-order valence-corrected chi connectivity index (χ1v) is 6.86. The Morgan fingerprint density at radius 1 is 1.22 bits per heavy atom. The summed E-state index contributed by atoms with van der Waals surface area (Å²) in [6.45, 7) is 2.25. The van der Waals surface area contributed by atoms with Gasteiger partial charge < -0.3 is 5.32 Å². The molecule has 0 fully saturated rings. The Balaban J connectivity index is 2.27. The number of hydrogen-bond donors (Lipinski definition) is 1. The van der Waals surface area contributed by atoms with E-state index in [-0.39, 0.29) is 0 Å². The predicted molar refractivity (Wildman–Crippen MR) is 77.7 cm³/mol. The number of aromatic nitrogens is 1. The Hall–Kier alpha value is -1.41. The summed E-state index contributed by atoms with van der Waals surface area (Å²) in [5.41, 5.74) is 1.37. The molecule has 2 rings (SSSR count). The molecule has 96 valence electrons. The maximum absolute atomic E-state index is 4.26. The van der Waals surface area contributed by atoms with E-state index >= 15 is 0 Å². The first-order valence-electron chi connectivity index (χ1n) is 6.86. The zero-order valence-electron chi connectivity index (χ0n) is 11.3. The van der Waals surface area contributed by atoms with E-state index in [0.29, 0.717) is 6.04 Å². The van der Waals surface area contributed by atoms with Gasteiger partial charge in [-0.3, -0.25) is 4.98 Å². The van der Waals surface area contributed by atoms with Crippen LogP contribution in [0, 0.1) is 0 Å². The molecular formula is C16H22N2. The number of fused-ring (bicyclic) bond motifs is 1. The number of benzene rings is 1. The molecule has 0 aliphatic rings. The molecule has 2 heteroatoms. The summed E-state index contributed by atoms with van der Waals surface area (Å²) in [4.78, 5) is 4.26. The van der Waals surface area contributed by atoms with Gasteiger partial charge in [-0.05, 0) is 30.5 Å². The summed E-state index contributed by atoms with van der Waals surface area (Å²) < 4.78 is 0. The maximum Gasteiger partial charge on any atom is 0.0349 e. The fourth-order valence-electron chi connectivity index (χ4n) is 2.49. The predicted octanol–water partition coefficient (Wildman–Crippen LogP) is 4.08. The van der Waals surface area contributed by atoms with Gasteiger partial charge in [-0.25, -0.2) is 0 Å². The number of hydrogen-bond acceptors (Lipinski definition) is 2. The van der Waals surface area contributed by atoms with E-state index in [4.69, 9.17) is 0 Å². The van der Waals surface area contributed by atoms with E-state index in [1.165, 1.54) is 42.0 Å². The second-order valence-electron chi connectivity index (χ2n) is 4.78. The van der Waals surface area contributed by atoms with Crippen molar-refractivity contribution < 1.29 is 0 Å². The summed E-state index contributed by atoms with van der Waals surface area (Å²) in [5.74, 6) is 0. The molecule has 0 aliphatic heterocycles. The van der Waals surface area contributed by atoms with Gasteiger partial charge in [-0.1, -0.05) is 44.4 Å². The van der Waals surface area contributed by atoms with Crippen LogP contribution in [0.1, 0.15) is 44.2 Å². The Kier molecular flexibility index (Phi) is 4.71. The van der Waals surface area contributed by atoms with Gasteiger partial charge in [-0.15, -0.1) is 0 Å². The lowest BCUT2D eigenvalue weighted by atomic mass is 9.96. The molecule has 1 heterocycles. The van der Waals surface area contributed by atoms with Crippen molar-refractivity contribution in [2.24, 2.45) is 0 Å². The molecule has 0 spiro atoms. The molecule has 0 saturated carbocycles. The number of rotatable bonds is 6. The Morgan fingerprint density at radius 3 is 2.89 bits per heavy atom. The quantitative estimate of drug-likeness (QED) is 0.772. The van der Waals surface area contributed by atoms with Gasteiger partial charge in [-0.2, -0.15) is 0 Å². The molecule has 0 amide bonds. The molecule has 0 saturated heterocycles. The molecule has 18 heavy (non-hydrogen) atoms. The van der Waals surface area contributed by atoms with Crippen LogP contribution < -0.4 is 5.32 Å². The van der Waals surface area contributed by atoms with Crippen molar-refractivity contribution in [2.45, 2.75) is 38.6 Å². The van der Waals surface area contributed by atoms with Crippen molar-refractivity contribution in [2.75, 3.05) is 7.05 Å². The molecule has 1 aromatic carbocycles. The van der Waals surface area contributed by atoms with Crippen LogP contribution in [-0.4, -0.2) is 12.0 Å². The van der Waals surface area contributed by atoms with Crippen LogP contribution in [0.2, 0.25) is 0 Å². The second-order valence-corrected chi connectivity index (χ2v) is 4.78. The molecule has 0 radical (unpaired) electrons. The van der Waals surface area contributed by atoms with Crippen molar-refractivity contribution in [1.82, 2.24) is 10.3 Å². The van der Waals surface area contributed by atoms with E-state index in [9.17, 15) is 0 Å². The van der Waals surface area contributed by atoms with Crippen LogP contribution >= 0.6 is 0 Å². The van der Waals surface area contributed by atoms with E-state index in [2.05, 4.69) is 41.5 Å². The summed E-state index contributed by atoms with van der Waals surface area (Å²) in [6, 6.07) is 9.03. The number of nitrogens with zero attached hydrogens (tertiary/aromatic N) is 1. The molecule has 1 N–H and O–H groups in total. The first-order chi connectivity index (χ1) is 8.86. The van der Waals surface area contributed by atoms with Gasteiger partial charge in [0, 0.05) is 23.8 Å². The third-order valence-corrected chi connectivity index (χ3v) is 3.54. The van der Waals surface area contributed by atoms with Crippen LogP contribution in [0.25, 0.3) is 10.8 Å². The average molecular weight is 242 g/mol. The van der Waals surface area contributed by atoms with Crippen LogP contribution in [0.5, 0.6) is 0 Å². The van der Waals surface area contributed by atoms with Crippen molar-refractivity contribution in [3.8, 4) is 0 Å². The van der Waals surface area contributed by atoms with Crippen LogP contribution in [-0.2, 0) is 0 Å². The summed E-state index contributed by atoms with van der Waals surface area (Å²) in [7, 11) is 2.05. The smallest absolute Gasteiger partial charge is 0.0349 e. The average Bonchev–Trinajstić information content (AvgIpc) is 2.43. The monoisotopic (exact) mass is 242 g/mol. The van der Waals surface area contributed by atoms with E-state index in [0.717, 1.165) is 0 Å². The molecule has 1 aromatic heterocycles. The lowest BCUT2D eigenvalue weighted by molar-refractivity contribution is 0.514. The molecule has 2 nitrogen and oxygen atoms in total. The van der Waals surface area contributed by atoms with Gasteiger partial charge >= 0.3 is 0 Å². The molecule has 2 aromatic rings. The Bertz CT molecular complexity index is 488. The number of nitrogens with one attached hydrogen (secondary N) is 1. The van der Waals surface area contributed by atoms with Gasteiger partial charge in [0.15, 0.2) is 0 Å². The minimum atomic E-state index is 0.435. The van der Waals surface area contributed by atoms with Crippen LogP contribution in [0.15, 0.2) is 36.7 Å². The van der Waals surface area contributed by atoms with Gasteiger partial charge in [0.2, 0.25) is 0 Å². The SMILES string of the molecule is CCCCCC(NC)c1cccc2ccncc12. The molecular weight excluding hydrogens is 220 g/mol. The van der Waals surface area contributed by atoms with Gasteiger partial charge in [0.1, 0.15) is 0 Å². The third-order valence-electron chi connectivity index (χ3n) is 3.54. The standard InChI is InChI=1S/C16H22N2/c1-3-4-5-9-16(17-2)14-8-6-7-13-10-11-18-12-15(13)14/h6-8,10-12,16-17H,3-5,9H2,1-2H3. The molecule has 0 bridgehead atoms. The highest BCUT2D eigenvalue weighted by Crippen LogP contribution is 2.26.